The van der Waals surface area contributed by atoms with E-state index in [0.29, 0.717) is 12.2 Å². The highest BCUT2D eigenvalue weighted by Gasteiger charge is 2.23. The Balaban J connectivity index is 2.01. The number of furan rings is 1. The monoisotopic (exact) mass is 317 g/mol. The molecule has 1 atom stereocenters. The van der Waals surface area contributed by atoms with Crippen LogP contribution in [0.25, 0.3) is 0 Å². The first kappa shape index (κ1) is 16.6. The van der Waals surface area contributed by atoms with Crippen molar-refractivity contribution in [2.75, 3.05) is 0 Å². The predicted octanol–water partition coefficient (Wildman–Crippen LogP) is 3.30. The number of amides is 1. The number of para-hydroxylation sites is 1. The van der Waals surface area contributed by atoms with Gasteiger partial charge >= 0.3 is 5.97 Å². The molecule has 0 saturated carbocycles. The van der Waals surface area contributed by atoms with Crippen LogP contribution in [-0.4, -0.2) is 23.0 Å². The maximum atomic E-state index is 12.1. The fourth-order valence-electron chi connectivity index (χ4n) is 2.02. The maximum Gasteiger partial charge on any atom is 0.326 e. The molecular weight excluding hydrogens is 298 g/mol. The zero-order valence-electron chi connectivity index (χ0n) is 13.0. The lowest BCUT2D eigenvalue weighted by Crippen LogP contribution is -2.41. The minimum Gasteiger partial charge on any atom is -0.480 e. The Bertz CT molecular complexity index is 663. The van der Waals surface area contributed by atoms with Crippen molar-refractivity contribution in [3.05, 3.63) is 48.2 Å². The second-order valence-corrected chi connectivity index (χ2v) is 5.53. The van der Waals surface area contributed by atoms with Gasteiger partial charge in [0.05, 0.1) is 0 Å². The smallest absolute Gasteiger partial charge is 0.326 e. The number of carboxylic acids is 1. The Morgan fingerprint density at radius 3 is 2.48 bits per heavy atom. The third-order valence-electron chi connectivity index (χ3n) is 3.08. The first-order chi connectivity index (χ1) is 11.0. The topological polar surface area (TPSA) is 88.8 Å². The van der Waals surface area contributed by atoms with Crippen molar-refractivity contribution in [3.8, 4) is 11.7 Å². The number of carbonyl (C=O) groups excluding carboxylic acids is 1. The van der Waals surface area contributed by atoms with E-state index in [9.17, 15) is 9.59 Å². The van der Waals surface area contributed by atoms with Crippen molar-refractivity contribution in [1.82, 2.24) is 5.32 Å². The van der Waals surface area contributed by atoms with Gasteiger partial charge < -0.3 is 19.6 Å². The lowest BCUT2D eigenvalue weighted by Gasteiger charge is -2.15. The van der Waals surface area contributed by atoms with Crippen molar-refractivity contribution >= 4 is 11.9 Å². The minimum atomic E-state index is -1.07. The van der Waals surface area contributed by atoms with Gasteiger partial charge in [-0.1, -0.05) is 32.0 Å². The Kier molecular flexibility index (Phi) is 5.41. The van der Waals surface area contributed by atoms with Crippen molar-refractivity contribution in [2.24, 2.45) is 5.92 Å². The molecule has 0 spiro atoms. The van der Waals surface area contributed by atoms with E-state index in [0.717, 1.165) is 0 Å². The summed E-state index contributed by atoms with van der Waals surface area (Å²) in [5, 5.41) is 11.6. The molecule has 2 N–H and O–H groups in total. The van der Waals surface area contributed by atoms with Gasteiger partial charge in [-0.05, 0) is 30.5 Å². The third-order valence-corrected chi connectivity index (χ3v) is 3.08. The fraction of sp³-hybridized carbons (Fsp3) is 0.294. The molecule has 0 radical (unpaired) electrons. The van der Waals surface area contributed by atoms with Crippen molar-refractivity contribution in [1.29, 1.82) is 0 Å². The molecule has 0 unspecified atom stereocenters. The van der Waals surface area contributed by atoms with Crippen LogP contribution in [0.3, 0.4) is 0 Å². The van der Waals surface area contributed by atoms with Gasteiger partial charge in [-0.15, -0.1) is 0 Å². The van der Waals surface area contributed by atoms with Gasteiger partial charge in [0.1, 0.15) is 11.8 Å². The highest BCUT2D eigenvalue weighted by atomic mass is 16.6. The molecule has 23 heavy (non-hydrogen) atoms. The van der Waals surface area contributed by atoms with Crippen LogP contribution in [0, 0.1) is 5.92 Å². The van der Waals surface area contributed by atoms with Crippen molar-refractivity contribution in [2.45, 2.75) is 26.3 Å². The summed E-state index contributed by atoms with van der Waals surface area (Å²) in [7, 11) is 0. The van der Waals surface area contributed by atoms with Gasteiger partial charge in [0, 0.05) is 6.07 Å². The highest BCUT2D eigenvalue weighted by molar-refractivity contribution is 5.94. The summed E-state index contributed by atoms with van der Waals surface area (Å²) < 4.78 is 10.8. The van der Waals surface area contributed by atoms with E-state index in [1.807, 2.05) is 32.0 Å². The van der Waals surface area contributed by atoms with Crippen LogP contribution >= 0.6 is 0 Å². The summed E-state index contributed by atoms with van der Waals surface area (Å²) in [6, 6.07) is 11.0. The largest absolute Gasteiger partial charge is 0.480 e. The number of carbonyl (C=O) groups is 2. The molecule has 0 saturated heterocycles. The van der Waals surface area contributed by atoms with Gasteiger partial charge in [0.2, 0.25) is 0 Å². The number of hydrogen-bond acceptors (Lipinski definition) is 4. The summed E-state index contributed by atoms with van der Waals surface area (Å²) in [6.45, 7) is 3.78. The number of carboxylic acid groups (broad SMARTS) is 1. The lowest BCUT2D eigenvalue weighted by atomic mass is 10.0. The van der Waals surface area contributed by atoms with Crippen LogP contribution in [0.15, 0.2) is 46.9 Å². The highest BCUT2D eigenvalue weighted by Crippen LogP contribution is 2.23. The van der Waals surface area contributed by atoms with Crippen molar-refractivity contribution < 1.29 is 23.8 Å². The number of hydrogen-bond donors (Lipinski definition) is 2. The molecular formula is C17H19NO5. The molecule has 2 aromatic rings. The molecule has 2 rings (SSSR count). The second kappa shape index (κ2) is 7.49. The average molecular weight is 317 g/mol. The van der Waals surface area contributed by atoms with E-state index in [-0.39, 0.29) is 17.6 Å². The zero-order valence-corrected chi connectivity index (χ0v) is 13.0. The molecule has 122 valence electrons. The van der Waals surface area contributed by atoms with Crippen LogP contribution in [0.2, 0.25) is 0 Å². The van der Waals surface area contributed by atoms with Gasteiger partial charge in [-0.25, -0.2) is 4.79 Å². The second-order valence-electron chi connectivity index (χ2n) is 5.53. The van der Waals surface area contributed by atoms with Gasteiger partial charge in [0.15, 0.2) is 5.76 Å². The summed E-state index contributed by atoms with van der Waals surface area (Å²) in [5.41, 5.74) is 0. The van der Waals surface area contributed by atoms with E-state index < -0.39 is 17.9 Å². The standard InChI is InChI=1S/C17H19NO5/c1-11(2)10-13(17(20)21)18-16(19)14-8-9-15(23-14)22-12-6-4-3-5-7-12/h3-9,11,13H,10H2,1-2H3,(H,18,19)(H,20,21)/t13-/m1/s1. The molecule has 1 aromatic carbocycles. The zero-order chi connectivity index (χ0) is 16.8. The van der Waals surface area contributed by atoms with Gasteiger partial charge in [-0.3, -0.25) is 4.79 Å². The lowest BCUT2D eigenvalue weighted by molar-refractivity contribution is -0.139. The SMILES string of the molecule is CC(C)C[C@@H](NC(=O)c1ccc(Oc2ccccc2)o1)C(=O)O. The molecule has 0 bridgehead atoms. The van der Waals surface area contributed by atoms with Crippen LogP contribution in [-0.2, 0) is 4.79 Å². The Morgan fingerprint density at radius 2 is 1.87 bits per heavy atom. The first-order valence-corrected chi connectivity index (χ1v) is 7.32. The molecule has 0 aliphatic carbocycles. The number of nitrogens with one attached hydrogen (secondary N) is 1. The molecule has 0 fully saturated rings. The number of rotatable bonds is 7. The van der Waals surface area contributed by atoms with Crippen LogP contribution in [0.5, 0.6) is 11.7 Å². The summed E-state index contributed by atoms with van der Waals surface area (Å²) in [6.07, 6.45) is 0.342. The molecule has 6 heteroatoms. The minimum absolute atomic E-state index is 0.00550. The predicted molar refractivity (Wildman–Crippen MR) is 83.6 cm³/mol. The number of benzene rings is 1. The quantitative estimate of drug-likeness (QED) is 0.818. The molecule has 0 aliphatic rings. The van der Waals surface area contributed by atoms with Crippen LogP contribution in [0.4, 0.5) is 0 Å². The molecule has 6 nitrogen and oxygen atoms in total. The van der Waals surface area contributed by atoms with E-state index in [1.165, 1.54) is 12.1 Å². The molecule has 1 amide bonds. The number of aliphatic carboxylic acids is 1. The van der Waals surface area contributed by atoms with E-state index in [4.69, 9.17) is 14.3 Å². The van der Waals surface area contributed by atoms with Gasteiger partial charge in [0.25, 0.3) is 11.9 Å². The van der Waals surface area contributed by atoms with Crippen LogP contribution in [0.1, 0.15) is 30.8 Å². The van der Waals surface area contributed by atoms with Crippen LogP contribution < -0.4 is 10.1 Å². The van der Waals surface area contributed by atoms with E-state index in [2.05, 4.69) is 5.32 Å². The normalized spacial score (nSPS) is 12.0. The molecule has 0 aliphatic heterocycles. The summed E-state index contributed by atoms with van der Waals surface area (Å²) >= 11 is 0. The Morgan fingerprint density at radius 1 is 1.17 bits per heavy atom. The Labute approximate surface area is 134 Å². The molecule has 1 aromatic heterocycles. The number of ether oxygens (including phenoxy) is 1. The molecule has 1 heterocycles. The van der Waals surface area contributed by atoms with Crippen molar-refractivity contribution in [3.63, 3.8) is 0 Å². The third kappa shape index (κ3) is 4.88. The summed E-state index contributed by atoms with van der Waals surface area (Å²) in [4.78, 5) is 23.3. The Hall–Kier alpha value is -2.76. The first-order valence-electron chi connectivity index (χ1n) is 7.32. The van der Waals surface area contributed by atoms with Gasteiger partial charge in [-0.2, -0.15) is 0 Å². The maximum absolute atomic E-state index is 12.1. The van der Waals surface area contributed by atoms with E-state index >= 15 is 0 Å². The van der Waals surface area contributed by atoms with E-state index in [1.54, 1.807) is 12.1 Å². The fourth-order valence-corrected chi connectivity index (χ4v) is 2.02. The average Bonchev–Trinajstić information content (AvgIpc) is 2.95. The summed E-state index contributed by atoms with van der Waals surface area (Å²) in [5.74, 6) is -0.759.